The molecule has 0 aliphatic heterocycles. The minimum Gasteiger partial charge on any atom is -0.495 e. The van der Waals surface area contributed by atoms with Crippen molar-refractivity contribution in [1.29, 1.82) is 0 Å². The summed E-state index contributed by atoms with van der Waals surface area (Å²) in [7, 11) is 2.82. The van der Waals surface area contributed by atoms with E-state index in [1.54, 1.807) is 6.07 Å². The van der Waals surface area contributed by atoms with Crippen molar-refractivity contribution >= 4 is 31.3 Å². The van der Waals surface area contributed by atoms with Crippen LogP contribution in [0.5, 0.6) is 5.75 Å². The van der Waals surface area contributed by atoms with Crippen molar-refractivity contribution in [3.63, 3.8) is 0 Å². The van der Waals surface area contributed by atoms with Crippen LogP contribution in [-0.2, 0) is 13.8 Å². The number of hydrogen-bond donors (Lipinski definition) is 1. The summed E-state index contributed by atoms with van der Waals surface area (Å²) in [6.45, 7) is 0. The number of rotatable bonds is 4. The highest BCUT2D eigenvalue weighted by Crippen LogP contribution is 2.54. The monoisotopic (exact) mass is 329 g/mol. The number of methoxy groups -OCH3 is 1. The van der Waals surface area contributed by atoms with E-state index in [0.717, 1.165) is 24.7 Å². The Morgan fingerprint density at radius 1 is 1.29 bits per heavy atom. The molecule has 3 rings (SSSR count). The third kappa shape index (κ3) is 3.01. The van der Waals surface area contributed by atoms with Gasteiger partial charge in [-0.2, -0.15) is 0 Å². The van der Waals surface area contributed by atoms with Gasteiger partial charge in [0.15, 0.2) is 0 Å². The number of ether oxygens (including phenoxy) is 1. The molecule has 2 unspecified atom stereocenters. The summed E-state index contributed by atoms with van der Waals surface area (Å²) < 4.78 is 28.0. The van der Waals surface area contributed by atoms with Crippen LogP contribution < -0.4 is 10.1 Å². The first-order valence-electron chi connectivity index (χ1n) is 6.82. The zero-order valence-electron chi connectivity index (χ0n) is 11.5. The largest absolute Gasteiger partial charge is 0.495 e. The molecule has 2 aliphatic carbocycles. The Labute approximate surface area is 128 Å². The van der Waals surface area contributed by atoms with Crippen LogP contribution in [0.2, 0.25) is 0 Å². The van der Waals surface area contributed by atoms with Gasteiger partial charge in [-0.05, 0) is 49.3 Å². The molecule has 0 bridgehead atoms. The van der Waals surface area contributed by atoms with Crippen molar-refractivity contribution in [1.82, 2.24) is 0 Å². The van der Waals surface area contributed by atoms with Crippen molar-refractivity contribution in [2.75, 3.05) is 12.4 Å². The molecule has 0 saturated heterocycles. The van der Waals surface area contributed by atoms with Gasteiger partial charge in [-0.15, -0.1) is 0 Å². The van der Waals surface area contributed by atoms with Crippen molar-refractivity contribution in [2.24, 2.45) is 17.8 Å². The molecule has 21 heavy (non-hydrogen) atoms. The Morgan fingerprint density at radius 2 is 1.95 bits per heavy atom. The number of anilines is 1. The number of carbonyl (C=O) groups is 1. The molecule has 1 aromatic rings. The Bertz CT molecular complexity index is 678. The van der Waals surface area contributed by atoms with Crippen LogP contribution in [0, 0.1) is 17.8 Å². The van der Waals surface area contributed by atoms with E-state index >= 15 is 0 Å². The molecule has 1 amide bonds. The van der Waals surface area contributed by atoms with Gasteiger partial charge in [-0.25, -0.2) is 8.42 Å². The first kappa shape index (κ1) is 14.7. The van der Waals surface area contributed by atoms with Gasteiger partial charge < -0.3 is 10.1 Å². The van der Waals surface area contributed by atoms with Gasteiger partial charge in [0.25, 0.3) is 9.05 Å². The smallest absolute Gasteiger partial charge is 0.265 e. The van der Waals surface area contributed by atoms with Crippen molar-refractivity contribution < 1.29 is 17.9 Å². The van der Waals surface area contributed by atoms with Crippen molar-refractivity contribution in [2.45, 2.75) is 24.2 Å². The van der Waals surface area contributed by atoms with Gasteiger partial charge >= 0.3 is 0 Å². The van der Waals surface area contributed by atoms with E-state index in [-0.39, 0.29) is 22.5 Å². The Hall–Kier alpha value is -1.27. The Balaban J connectivity index is 1.77. The van der Waals surface area contributed by atoms with Crippen molar-refractivity contribution in [3.05, 3.63) is 18.2 Å². The third-order valence-electron chi connectivity index (χ3n) is 4.31. The third-order valence-corrected chi connectivity index (χ3v) is 5.65. The van der Waals surface area contributed by atoms with Crippen LogP contribution in [0.25, 0.3) is 0 Å². The number of hydrogen-bond acceptors (Lipinski definition) is 4. The molecule has 0 heterocycles. The average Bonchev–Trinajstić information content (AvgIpc) is 3.04. The molecule has 1 aromatic carbocycles. The van der Waals surface area contributed by atoms with Crippen LogP contribution in [0.15, 0.2) is 23.1 Å². The predicted molar refractivity (Wildman–Crippen MR) is 79.0 cm³/mol. The summed E-state index contributed by atoms with van der Waals surface area (Å²) >= 11 is 0. The van der Waals surface area contributed by atoms with E-state index in [1.165, 1.54) is 25.7 Å². The molecule has 2 saturated carbocycles. The van der Waals surface area contributed by atoms with Gasteiger partial charge in [0.1, 0.15) is 10.6 Å². The fourth-order valence-corrected chi connectivity index (χ4v) is 4.14. The lowest BCUT2D eigenvalue weighted by molar-refractivity contribution is -0.120. The number of amides is 1. The number of benzene rings is 1. The lowest BCUT2D eigenvalue weighted by atomic mass is 10.0. The zero-order chi connectivity index (χ0) is 15.2. The molecule has 7 heteroatoms. The highest BCUT2D eigenvalue weighted by molar-refractivity contribution is 8.13. The molecule has 0 aromatic heterocycles. The lowest BCUT2D eigenvalue weighted by Gasteiger charge is -2.13. The first-order chi connectivity index (χ1) is 9.88. The van der Waals surface area contributed by atoms with Gasteiger partial charge in [-0.3, -0.25) is 4.79 Å². The number of carbonyl (C=O) groups excluding carboxylic acids is 1. The average molecular weight is 330 g/mol. The summed E-state index contributed by atoms with van der Waals surface area (Å²) in [5, 5.41) is 2.77. The summed E-state index contributed by atoms with van der Waals surface area (Å²) in [6, 6.07) is 4.42. The summed E-state index contributed by atoms with van der Waals surface area (Å²) in [5.41, 5.74) is 0.417. The van der Waals surface area contributed by atoms with Crippen LogP contribution in [-0.4, -0.2) is 21.4 Å². The van der Waals surface area contributed by atoms with Crippen LogP contribution in [0.1, 0.15) is 19.3 Å². The maximum absolute atomic E-state index is 12.2. The number of nitrogens with one attached hydrogen (secondary N) is 1. The fourth-order valence-electron chi connectivity index (χ4n) is 3.12. The molecule has 0 spiro atoms. The summed E-state index contributed by atoms with van der Waals surface area (Å²) in [5.74, 6) is 1.58. The van der Waals surface area contributed by atoms with Crippen molar-refractivity contribution in [3.8, 4) is 5.75 Å². The highest BCUT2D eigenvalue weighted by Gasteiger charge is 2.47. The molecule has 114 valence electrons. The minimum absolute atomic E-state index is 0.0342. The second kappa shape index (κ2) is 5.18. The predicted octanol–water partition coefficient (Wildman–Crippen LogP) is 2.61. The van der Waals surface area contributed by atoms with Gasteiger partial charge in [-0.1, -0.05) is 0 Å². The van der Waals surface area contributed by atoms with Crippen LogP contribution in [0.3, 0.4) is 0 Å². The first-order valence-corrected chi connectivity index (χ1v) is 9.13. The van der Waals surface area contributed by atoms with Gasteiger partial charge in [0.2, 0.25) is 5.91 Å². The van der Waals surface area contributed by atoms with E-state index in [1.807, 2.05) is 0 Å². The van der Waals surface area contributed by atoms with Crippen LogP contribution in [0.4, 0.5) is 5.69 Å². The molecule has 0 radical (unpaired) electrons. The van der Waals surface area contributed by atoms with Crippen LogP contribution >= 0.6 is 10.7 Å². The lowest BCUT2D eigenvalue weighted by Crippen LogP contribution is -2.21. The number of fused-ring (bicyclic) bond motifs is 1. The molecule has 2 atom stereocenters. The molecule has 2 aliphatic rings. The van der Waals surface area contributed by atoms with E-state index < -0.39 is 9.05 Å². The summed E-state index contributed by atoms with van der Waals surface area (Å²) in [6.07, 6.45) is 3.13. The second-order valence-corrected chi connectivity index (χ2v) is 8.25. The normalized spacial score (nSPS) is 27.0. The van der Waals surface area contributed by atoms with E-state index in [4.69, 9.17) is 15.4 Å². The standard InChI is InChI=1S/C14H16ClNO4S/c1-20-12-3-2-11(7-13(12)21(15,18)19)16-14(17)10-5-8-4-9(8)6-10/h2-3,7-10H,4-6H2,1H3,(H,16,17). The van der Waals surface area contributed by atoms with E-state index in [2.05, 4.69) is 5.32 Å². The second-order valence-electron chi connectivity index (χ2n) is 5.72. The van der Waals surface area contributed by atoms with E-state index in [0.29, 0.717) is 5.69 Å². The highest BCUT2D eigenvalue weighted by atomic mass is 35.7. The maximum atomic E-state index is 12.2. The van der Waals surface area contributed by atoms with Gasteiger partial charge in [0.05, 0.1) is 7.11 Å². The molecular weight excluding hydrogens is 314 g/mol. The Morgan fingerprint density at radius 3 is 2.52 bits per heavy atom. The van der Waals surface area contributed by atoms with E-state index in [9.17, 15) is 13.2 Å². The summed E-state index contributed by atoms with van der Waals surface area (Å²) in [4.78, 5) is 12.0. The molecule has 2 fully saturated rings. The zero-order valence-corrected chi connectivity index (χ0v) is 13.1. The fraction of sp³-hybridized carbons (Fsp3) is 0.500. The minimum atomic E-state index is -3.93. The molecule has 1 N–H and O–H groups in total. The maximum Gasteiger partial charge on any atom is 0.265 e. The SMILES string of the molecule is COc1ccc(NC(=O)C2CC3CC3C2)cc1S(=O)(=O)Cl. The molecule has 5 nitrogen and oxygen atoms in total. The molecular formula is C14H16ClNO4S. The topological polar surface area (TPSA) is 72.5 Å². The quantitative estimate of drug-likeness (QED) is 0.862. The van der Waals surface area contributed by atoms with Gasteiger partial charge in [0, 0.05) is 22.3 Å². The Kier molecular flexibility index (Phi) is 3.61. The number of halogens is 1.